The lowest BCUT2D eigenvalue weighted by molar-refractivity contribution is -0.880. The van der Waals surface area contributed by atoms with Crippen LogP contribution in [0.25, 0.3) is 0 Å². The van der Waals surface area contributed by atoms with Gasteiger partial charge in [-0.15, -0.1) is 0 Å². The minimum atomic E-state index is -0.702. The Labute approximate surface area is 130 Å². The first kappa shape index (κ1) is 16.2. The average molecular weight is 303 g/mol. The summed E-state index contributed by atoms with van der Waals surface area (Å²) < 4.78 is 0. The Balaban J connectivity index is 1.68. The molecule has 0 saturated carbocycles. The highest BCUT2D eigenvalue weighted by molar-refractivity contribution is 6.35. The smallest absolute Gasteiger partial charge is 0.329 e. The largest absolute Gasteiger partial charge is 0.347 e. The second kappa shape index (κ2) is 8.29. The number of hydrogen-bond acceptors (Lipinski definition) is 3. The van der Waals surface area contributed by atoms with Crippen LogP contribution in [-0.2, 0) is 16.0 Å². The minimum Gasteiger partial charge on any atom is -0.347 e. The van der Waals surface area contributed by atoms with Gasteiger partial charge in [-0.25, -0.2) is 5.43 Å². The van der Waals surface area contributed by atoms with E-state index in [9.17, 15) is 9.59 Å². The first-order valence-electron chi connectivity index (χ1n) is 7.64. The van der Waals surface area contributed by atoms with Gasteiger partial charge in [0.25, 0.3) is 0 Å². The summed E-state index contributed by atoms with van der Waals surface area (Å²) in [4.78, 5) is 24.8. The molecule has 118 valence electrons. The Bertz CT molecular complexity index is 532. The van der Waals surface area contributed by atoms with Crippen LogP contribution in [0.5, 0.6) is 0 Å². The van der Waals surface area contributed by atoms with E-state index in [2.05, 4.69) is 22.9 Å². The molecule has 0 spiro atoms. The first-order valence-corrected chi connectivity index (χ1v) is 7.64. The topological polar surface area (TPSA) is 75.0 Å². The third-order valence-corrected chi connectivity index (χ3v) is 3.74. The van der Waals surface area contributed by atoms with Crippen molar-refractivity contribution in [3.8, 4) is 0 Å². The minimum absolute atomic E-state index is 0.432. The van der Waals surface area contributed by atoms with Crippen LogP contribution in [0.4, 0.5) is 0 Å². The Morgan fingerprint density at radius 3 is 2.50 bits per heavy atom. The van der Waals surface area contributed by atoms with Gasteiger partial charge >= 0.3 is 11.8 Å². The zero-order chi connectivity index (χ0) is 15.8. The van der Waals surface area contributed by atoms with Crippen LogP contribution in [0.2, 0.25) is 0 Å². The van der Waals surface area contributed by atoms with Crippen molar-refractivity contribution < 1.29 is 14.5 Å². The summed E-state index contributed by atoms with van der Waals surface area (Å²) in [5, 5.41) is 6.65. The number of hydrogen-bond donors (Lipinski definition) is 3. The molecule has 2 amide bonds. The van der Waals surface area contributed by atoms with Crippen molar-refractivity contribution in [1.82, 2.24) is 10.7 Å². The number of piperidine rings is 1. The standard InChI is InChI=1S/C16H22N4O2/c1-20-11-8-14(9-12-20)18-19-16(22)15(21)17-10-7-13-5-3-2-4-6-13/h2-6H,7-12H2,1H3,(H,17,21)(H,19,22)/p+1. The number of benzene rings is 1. The number of carbonyl (C=O) groups excluding carboxylic acids is 2. The molecule has 1 aliphatic heterocycles. The third-order valence-electron chi connectivity index (χ3n) is 3.74. The Morgan fingerprint density at radius 1 is 1.14 bits per heavy atom. The molecule has 1 saturated heterocycles. The maximum Gasteiger partial charge on any atom is 0.329 e. The van der Waals surface area contributed by atoms with E-state index in [1.54, 1.807) is 0 Å². The van der Waals surface area contributed by atoms with E-state index in [0.29, 0.717) is 13.0 Å². The predicted octanol–water partition coefficient (Wildman–Crippen LogP) is -0.874. The van der Waals surface area contributed by atoms with E-state index in [0.717, 1.165) is 37.2 Å². The van der Waals surface area contributed by atoms with Gasteiger partial charge in [-0.1, -0.05) is 30.3 Å². The van der Waals surface area contributed by atoms with E-state index in [-0.39, 0.29) is 0 Å². The van der Waals surface area contributed by atoms with Gasteiger partial charge in [-0.2, -0.15) is 5.10 Å². The summed E-state index contributed by atoms with van der Waals surface area (Å²) in [6, 6.07) is 9.81. The van der Waals surface area contributed by atoms with Crippen LogP contribution in [0, 0.1) is 0 Å². The summed E-state index contributed by atoms with van der Waals surface area (Å²) >= 11 is 0. The van der Waals surface area contributed by atoms with Crippen LogP contribution in [0.3, 0.4) is 0 Å². The van der Waals surface area contributed by atoms with Crippen LogP contribution >= 0.6 is 0 Å². The van der Waals surface area contributed by atoms with E-state index >= 15 is 0 Å². The van der Waals surface area contributed by atoms with Gasteiger partial charge in [0.15, 0.2) is 0 Å². The summed E-state index contributed by atoms with van der Waals surface area (Å²) in [5.41, 5.74) is 4.42. The molecule has 0 radical (unpaired) electrons. The fourth-order valence-electron chi connectivity index (χ4n) is 2.30. The fourth-order valence-corrected chi connectivity index (χ4v) is 2.30. The lowest BCUT2D eigenvalue weighted by atomic mass is 10.1. The molecule has 1 aromatic rings. The lowest BCUT2D eigenvalue weighted by Gasteiger charge is -2.20. The number of quaternary nitrogens is 1. The fraction of sp³-hybridized carbons (Fsp3) is 0.438. The van der Waals surface area contributed by atoms with Crippen LogP contribution in [-0.4, -0.2) is 44.2 Å². The molecular weight excluding hydrogens is 280 g/mol. The molecule has 1 aromatic carbocycles. The number of nitrogens with zero attached hydrogens (tertiary/aromatic N) is 1. The number of nitrogens with one attached hydrogen (secondary N) is 3. The van der Waals surface area contributed by atoms with Gasteiger partial charge in [0.1, 0.15) is 0 Å². The normalized spacial score (nSPS) is 17.7. The monoisotopic (exact) mass is 303 g/mol. The Kier molecular flexibility index (Phi) is 6.09. The van der Waals surface area contributed by atoms with E-state index in [1.807, 2.05) is 30.3 Å². The molecule has 1 fully saturated rings. The first-order chi connectivity index (χ1) is 10.6. The molecule has 1 heterocycles. The Morgan fingerprint density at radius 2 is 1.82 bits per heavy atom. The zero-order valence-electron chi connectivity index (χ0n) is 12.9. The summed E-state index contributed by atoms with van der Waals surface area (Å²) in [6.45, 7) is 2.46. The van der Waals surface area contributed by atoms with Crippen molar-refractivity contribution in [3.05, 3.63) is 35.9 Å². The molecule has 2 rings (SSSR count). The van der Waals surface area contributed by atoms with Gasteiger partial charge in [0.05, 0.1) is 20.1 Å². The predicted molar refractivity (Wildman–Crippen MR) is 84.6 cm³/mol. The Hall–Kier alpha value is -2.21. The number of likely N-dealkylation sites (tertiary alicyclic amines) is 1. The summed E-state index contributed by atoms with van der Waals surface area (Å²) in [5.74, 6) is -1.34. The molecule has 6 heteroatoms. The molecule has 0 aromatic heterocycles. The van der Waals surface area contributed by atoms with Crippen molar-refractivity contribution in [3.63, 3.8) is 0 Å². The van der Waals surface area contributed by atoms with E-state index in [4.69, 9.17) is 0 Å². The van der Waals surface area contributed by atoms with Gasteiger partial charge in [-0.3, -0.25) is 9.59 Å². The number of rotatable bonds is 4. The van der Waals surface area contributed by atoms with Crippen molar-refractivity contribution in [2.24, 2.45) is 5.10 Å². The van der Waals surface area contributed by atoms with E-state index in [1.165, 1.54) is 4.90 Å². The summed E-state index contributed by atoms with van der Waals surface area (Å²) in [6.07, 6.45) is 2.42. The third kappa shape index (κ3) is 5.29. The number of amides is 2. The molecule has 6 nitrogen and oxygen atoms in total. The molecule has 0 atom stereocenters. The van der Waals surface area contributed by atoms with Gasteiger partial charge in [-0.05, 0) is 12.0 Å². The van der Waals surface area contributed by atoms with E-state index < -0.39 is 11.8 Å². The van der Waals surface area contributed by atoms with Crippen LogP contribution in [0.1, 0.15) is 18.4 Å². The van der Waals surface area contributed by atoms with Crippen molar-refractivity contribution in [2.45, 2.75) is 19.3 Å². The highest BCUT2D eigenvalue weighted by Gasteiger charge is 2.16. The second-order valence-corrected chi connectivity index (χ2v) is 5.57. The van der Waals surface area contributed by atoms with Gasteiger partial charge in [0, 0.05) is 25.1 Å². The SMILES string of the molecule is C[NH+]1CCC(=NNC(=O)C(=O)NCCc2ccccc2)CC1. The maximum atomic E-state index is 11.7. The zero-order valence-corrected chi connectivity index (χ0v) is 12.9. The van der Waals surface area contributed by atoms with Crippen LogP contribution < -0.4 is 15.6 Å². The summed E-state index contributed by atoms with van der Waals surface area (Å²) in [7, 11) is 2.13. The van der Waals surface area contributed by atoms with Crippen molar-refractivity contribution in [1.29, 1.82) is 0 Å². The molecule has 22 heavy (non-hydrogen) atoms. The molecule has 1 aliphatic rings. The number of hydrazone groups is 1. The number of carbonyl (C=O) groups is 2. The van der Waals surface area contributed by atoms with Crippen molar-refractivity contribution >= 4 is 17.5 Å². The second-order valence-electron chi connectivity index (χ2n) is 5.57. The van der Waals surface area contributed by atoms with Gasteiger partial charge in [0.2, 0.25) is 0 Å². The highest BCUT2D eigenvalue weighted by Crippen LogP contribution is 1.98. The average Bonchev–Trinajstić information content (AvgIpc) is 2.55. The van der Waals surface area contributed by atoms with Crippen LogP contribution in [0.15, 0.2) is 35.4 Å². The lowest BCUT2D eigenvalue weighted by Crippen LogP contribution is -3.10. The molecule has 0 bridgehead atoms. The highest BCUT2D eigenvalue weighted by atomic mass is 16.2. The maximum absolute atomic E-state index is 11.7. The molecule has 0 aliphatic carbocycles. The molecular formula is C16H23N4O2+. The molecule has 0 unspecified atom stereocenters. The molecule has 3 N–H and O–H groups in total. The quantitative estimate of drug-likeness (QED) is 0.499. The van der Waals surface area contributed by atoms with Crippen molar-refractivity contribution in [2.75, 3.05) is 26.7 Å². The van der Waals surface area contributed by atoms with Gasteiger partial charge < -0.3 is 10.2 Å².